The fraction of sp³-hybridized carbons (Fsp3) is 0.409. The molecule has 0 aliphatic carbocycles. The van der Waals surface area contributed by atoms with Crippen molar-refractivity contribution in [3.05, 3.63) is 47.5 Å². The van der Waals surface area contributed by atoms with E-state index in [4.69, 9.17) is 14.2 Å². The van der Waals surface area contributed by atoms with Crippen molar-refractivity contribution in [2.24, 2.45) is 0 Å². The molecule has 0 fully saturated rings. The van der Waals surface area contributed by atoms with Crippen LogP contribution in [0.3, 0.4) is 0 Å². The Bertz CT molecular complexity index is 1050. The lowest BCUT2D eigenvalue weighted by atomic mass is 10.0. The Morgan fingerprint density at radius 1 is 1.16 bits per heavy atom. The fourth-order valence-corrected chi connectivity index (χ4v) is 4.35. The third-order valence-corrected chi connectivity index (χ3v) is 6.21. The average molecular weight is 449 g/mol. The van der Waals surface area contributed by atoms with Crippen molar-refractivity contribution in [1.29, 1.82) is 0 Å². The molecule has 1 N–H and O–H groups in total. The van der Waals surface area contributed by atoms with Gasteiger partial charge in [0.25, 0.3) is 0 Å². The Balaban J connectivity index is 1.78. The van der Waals surface area contributed by atoms with Gasteiger partial charge in [0.05, 0.1) is 25.1 Å². The molecule has 1 aliphatic heterocycles. The van der Waals surface area contributed by atoms with Crippen LogP contribution in [0.1, 0.15) is 30.5 Å². The highest BCUT2D eigenvalue weighted by Crippen LogP contribution is 2.34. The lowest BCUT2D eigenvalue weighted by Crippen LogP contribution is -2.41. The third-order valence-electron chi connectivity index (χ3n) is 5.07. The first-order valence-electron chi connectivity index (χ1n) is 10.0. The maximum Gasteiger partial charge on any atom is 0.241 e. The van der Waals surface area contributed by atoms with Gasteiger partial charge in [-0.15, -0.1) is 0 Å². The summed E-state index contributed by atoms with van der Waals surface area (Å²) < 4.78 is 42.3. The second-order valence-corrected chi connectivity index (χ2v) is 9.26. The Morgan fingerprint density at radius 3 is 2.48 bits per heavy atom. The summed E-state index contributed by atoms with van der Waals surface area (Å²) in [5.74, 6) is 1.37. The van der Waals surface area contributed by atoms with Crippen LogP contribution in [0.15, 0.2) is 36.4 Å². The van der Waals surface area contributed by atoms with Crippen molar-refractivity contribution in [3.63, 3.8) is 0 Å². The molecule has 0 saturated heterocycles. The van der Waals surface area contributed by atoms with Crippen molar-refractivity contribution >= 4 is 21.6 Å². The van der Waals surface area contributed by atoms with Crippen LogP contribution >= 0.6 is 0 Å². The summed E-state index contributed by atoms with van der Waals surface area (Å²) in [6.45, 7) is 4.37. The molecule has 1 atom stereocenters. The van der Waals surface area contributed by atoms with E-state index in [-0.39, 0.29) is 12.6 Å². The first-order valence-corrected chi connectivity index (χ1v) is 11.9. The van der Waals surface area contributed by atoms with E-state index in [1.54, 1.807) is 25.3 Å². The van der Waals surface area contributed by atoms with Gasteiger partial charge in [-0.25, -0.2) is 8.42 Å². The van der Waals surface area contributed by atoms with Crippen LogP contribution in [-0.2, 0) is 14.8 Å². The Kier molecular flexibility index (Phi) is 6.94. The van der Waals surface area contributed by atoms with E-state index in [2.05, 4.69) is 5.32 Å². The summed E-state index contributed by atoms with van der Waals surface area (Å²) >= 11 is 0. The second kappa shape index (κ2) is 9.47. The lowest BCUT2D eigenvalue weighted by Gasteiger charge is -2.26. The van der Waals surface area contributed by atoms with Crippen molar-refractivity contribution in [2.45, 2.75) is 26.3 Å². The molecule has 0 radical (unpaired) electrons. The summed E-state index contributed by atoms with van der Waals surface area (Å²) in [5.41, 5.74) is 2.23. The minimum Gasteiger partial charge on any atom is -0.496 e. The molecule has 0 unspecified atom stereocenters. The molecule has 3 rings (SSSR count). The fourth-order valence-electron chi connectivity index (χ4n) is 3.50. The van der Waals surface area contributed by atoms with Gasteiger partial charge >= 0.3 is 0 Å². The number of fused-ring (bicyclic) bond motifs is 1. The van der Waals surface area contributed by atoms with E-state index in [1.807, 2.05) is 32.0 Å². The zero-order chi connectivity index (χ0) is 22.6. The molecular formula is C22H28N2O6S. The Hall–Kier alpha value is -2.94. The van der Waals surface area contributed by atoms with E-state index in [0.717, 1.165) is 27.4 Å². The predicted molar refractivity (Wildman–Crippen MR) is 119 cm³/mol. The highest BCUT2D eigenvalue weighted by Gasteiger charge is 2.24. The summed E-state index contributed by atoms with van der Waals surface area (Å²) in [6.07, 6.45) is 1.72. The minimum absolute atomic E-state index is 0.251. The average Bonchev–Trinajstić information content (AvgIpc) is 2.74. The minimum atomic E-state index is -3.70. The Morgan fingerprint density at radius 2 is 1.87 bits per heavy atom. The number of sulfonamides is 1. The smallest absolute Gasteiger partial charge is 0.241 e. The molecule has 2 aromatic carbocycles. The molecule has 1 aliphatic rings. The van der Waals surface area contributed by atoms with Gasteiger partial charge in [-0.3, -0.25) is 9.10 Å². The van der Waals surface area contributed by atoms with Crippen molar-refractivity contribution in [2.75, 3.05) is 37.4 Å². The molecule has 2 aromatic rings. The van der Waals surface area contributed by atoms with Gasteiger partial charge in [0.2, 0.25) is 15.9 Å². The van der Waals surface area contributed by atoms with Crippen LogP contribution in [0.5, 0.6) is 17.2 Å². The van der Waals surface area contributed by atoms with Crippen molar-refractivity contribution < 1.29 is 27.4 Å². The van der Waals surface area contributed by atoms with Gasteiger partial charge in [0.1, 0.15) is 25.5 Å². The number of hydrogen-bond acceptors (Lipinski definition) is 6. The maximum absolute atomic E-state index is 12.8. The topological polar surface area (TPSA) is 94.2 Å². The van der Waals surface area contributed by atoms with Crippen LogP contribution in [0, 0.1) is 6.92 Å². The number of ether oxygens (including phenoxy) is 3. The summed E-state index contributed by atoms with van der Waals surface area (Å²) in [6, 6.07) is 10.3. The quantitative estimate of drug-likeness (QED) is 0.667. The predicted octanol–water partition coefficient (Wildman–Crippen LogP) is 2.81. The van der Waals surface area contributed by atoms with E-state index in [9.17, 15) is 13.2 Å². The number of aryl methyl sites for hydroxylation is 1. The molecule has 0 spiro atoms. The van der Waals surface area contributed by atoms with Crippen molar-refractivity contribution in [1.82, 2.24) is 5.32 Å². The number of carbonyl (C=O) groups is 1. The number of nitrogens with one attached hydrogen (secondary N) is 1. The van der Waals surface area contributed by atoms with Gasteiger partial charge < -0.3 is 19.5 Å². The first kappa shape index (κ1) is 22.7. The number of benzene rings is 2. The number of methoxy groups -OCH3 is 1. The number of rotatable bonds is 8. The largest absolute Gasteiger partial charge is 0.496 e. The van der Waals surface area contributed by atoms with E-state index >= 15 is 0 Å². The SMILES string of the molecule is CC[C@H](NC(=O)CN(c1ccc2c(c1)OCCO2)S(C)(=O)=O)c1ccc(OC)c(C)c1. The van der Waals surface area contributed by atoms with Crippen molar-refractivity contribution in [3.8, 4) is 17.2 Å². The summed E-state index contributed by atoms with van der Waals surface area (Å²) in [7, 11) is -2.09. The number of hydrogen-bond donors (Lipinski definition) is 1. The van der Waals surface area contributed by atoms with E-state index in [1.165, 1.54) is 0 Å². The van der Waals surface area contributed by atoms with Crippen LogP contribution in [0.4, 0.5) is 5.69 Å². The standard InChI is InChI=1S/C22H28N2O6S/c1-5-18(16-6-8-19(28-3)15(2)12-16)23-22(25)14-24(31(4,26)27)17-7-9-20-21(13-17)30-11-10-29-20/h6-9,12-13,18H,5,10-11,14H2,1-4H3,(H,23,25)/t18-/m0/s1. The molecular weight excluding hydrogens is 420 g/mol. The second-order valence-electron chi connectivity index (χ2n) is 7.36. The normalized spacial score (nSPS) is 13.9. The molecule has 9 heteroatoms. The van der Waals surface area contributed by atoms with Crippen LogP contribution in [0.25, 0.3) is 0 Å². The van der Waals surface area contributed by atoms with Crippen LogP contribution in [-0.4, -0.2) is 47.4 Å². The van der Waals surface area contributed by atoms with Gasteiger partial charge in [-0.05, 0) is 42.7 Å². The van der Waals surface area contributed by atoms with Gasteiger partial charge in [0.15, 0.2) is 11.5 Å². The molecule has 0 bridgehead atoms. The van der Waals surface area contributed by atoms with Gasteiger partial charge in [-0.1, -0.05) is 19.1 Å². The number of nitrogens with zero attached hydrogens (tertiary/aromatic N) is 1. The van der Waals surface area contributed by atoms with Gasteiger partial charge in [0, 0.05) is 6.07 Å². The zero-order valence-corrected chi connectivity index (χ0v) is 19.0. The first-order chi connectivity index (χ1) is 14.7. The summed E-state index contributed by atoms with van der Waals surface area (Å²) in [4.78, 5) is 12.8. The van der Waals surface area contributed by atoms with Crippen LogP contribution < -0.4 is 23.8 Å². The van der Waals surface area contributed by atoms with E-state index < -0.39 is 15.9 Å². The number of carbonyl (C=O) groups excluding carboxylic acids is 1. The lowest BCUT2D eigenvalue weighted by molar-refractivity contribution is -0.120. The molecule has 0 aromatic heterocycles. The molecule has 168 valence electrons. The van der Waals surface area contributed by atoms with Gasteiger partial charge in [-0.2, -0.15) is 0 Å². The maximum atomic E-state index is 12.8. The third kappa shape index (κ3) is 5.41. The number of anilines is 1. The summed E-state index contributed by atoms with van der Waals surface area (Å²) in [5, 5.41) is 2.94. The highest BCUT2D eigenvalue weighted by atomic mass is 32.2. The molecule has 8 nitrogen and oxygen atoms in total. The zero-order valence-electron chi connectivity index (χ0n) is 18.2. The number of amides is 1. The molecule has 1 amide bonds. The molecule has 0 saturated carbocycles. The molecule has 31 heavy (non-hydrogen) atoms. The van der Waals surface area contributed by atoms with Crippen LogP contribution in [0.2, 0.25) is 0 Å². The Labute approximate surface area is 183 Å². The highest BCUT2D eigenvalue weighted by molar-refractivity contribution is 7.92. The van der Waals surface area contributed by atoms with E-state index in [0.29, 0.717) is 36.8 Å². The molecule has 1 heterocycles. The monoisotopic (exact) mass is 448 g/mol.